The maximum Gasteiger partial charge on any atom is 0.0509 e. The van der Waals surface area contributed by atoms with Crippen LogP contribution in [0.4, 0.5) is 0 Å². The fourth-order valence-electron chi connectivity index (χ4n) is 2.22. The Labute approximate surface area is 92.2 Å². The molecule has 2 rings (SSSR count). The highest BCUT2D eigenvalue weighted by Gasteiger charge is 2.18. The van der Waals surface area contributed by atoms with Crippen LogP contribution in [0.2, 0.25) is 0 Å². The van der Waals surface area contributed by atoms with Gasteiger partial charge in [0.25, 0.3) is 0 Å². The van der Waals surface area contributed by atoms with Gasteiger partial charge in [0.15, 0.2) is 0 Å². The fourth-order valence-corrected chi connectivity index (χ4v) is 2.22. The third-order valence-electron chi connectivity index (χ3n) is 2.90. The molecule has 0 N–H and O–H groups in total. The molecule has 0 saturated carbocycles. The number of hydrogen-bond donors (Lipinski definition) is 0. The van der Waals surface area contributed by atoms with Crippen LogP contribution in [0.1, 0.15) is 38.7 Å². The van der Waals surface area contributed by atoms with E-state index >= 15 is 0 Å². The van der Waals surface area contributed by atoms with Crippen molar-refractivity contribution in [3.63, 3.8) is 0 Å². The Morgan fingerprint density at radius 1 is 1.27 bits per heavy atom. The number of rotatable bonds is 3. The smallest absolute Gasteiger partial charge is 0.0509 e. The number of hydrogen-bond acceptors (Lipinski definition) is 1. The molecule has 1 unspecified atom stereocenters. The van der Waals surface area contributed by atoms with E-state index in [2.05, 4.69) is 44.2 Å². The van der Waals surface area contributed by atoms with Gasteiger partial charge >= 0.3 is 0 Å². The molecule has 1 aliphatic heterocycles. The van der Waals surface area contributed by atoms with Gasteiger partial charge in [-0.1, -0.05) is 44.2 Å². The summed E-state index contributed by atoms with van der Waals surface area (Å²) in [6, 6.07) is 11.1. The molecule has 1 atom stereocenters. The van der Waals surface area contributed by atoms with E-state index in [9.17, 15) is 0 Å². The zero-order chi connectivity index (χ0) is 10.7. The van der Waals surface area contributed by atoms with Crippen molar-refractivity contribution in [2.24, 2.45) is 10.9 Å². The van der Waals surface area contributed by atoms with Crippen molar-refractivity contribution in [3.05, 3.63) is 35.9 Å². The second-order valence-electron chi connectivity index (χ2n) is 4.76. The SMILES string of the molecule is CC(C)CC1CCC(c2ccccc2)=N1. The second-order valence-corrected chi connectivity index (χ2v) is 4.76. The lowest BCUT2D eigenvalue weighted by atomic mass is 10.0. The summed E-state index contributed by atoms with van der Waals surface area (Å²) in [7, 11) is 0. The van der Waals surface area contributed by atoms with Gasteiger partial charge in [0, 0.05) is 5.71 Å². The van der Waals surface area contributed by atoms with Crippen molar-refractivity contribution in [1.29, 1.82) is 0 Å². The standard InChI is InChI=1S/C14H19N/c1-11(2)10-13-8-9-14(15-13)12-6-4-3-5-7-12/h3-7,11,13H,8-10H2,1-2H3. The Bertz CT molecular complexity index is 338. The summed E-state index contributed by atoms with van der Waals surface area (Å²) < 4.78 is 0. The minimum Gasteiger partial charge on any atom is -0.286 e. The van der Waals surface area contributed by atoms with Crippen LogP contribution in [-0.4, -0.2) is 11.8 Å². The third-order valence-corrected chi connectivity index (χ3v) is 2.90. The predicted molar refractivity (Wildman–Crippen MR) is 65.5 cm³/mol. The monoisotopic (exact) mass is 201 g/mol. The molecule has 0 saturated heterocycles. The van der Waals surface area contributed by atoms with Gasteiger partial charge in [-0.3, -0.25) is 4.99 Å². The topological polar surface area (TPSA) is 12.4 Å². The molecule has 15 heavy (non-hydrogen) atoms. The summed E-state index contributed by atoms with van der Waals surface area (Å²) >= 11 is 0. The van der Waals surface area contributed by atoms with Gasteiger partial charge in [0.1, 0.15) is 0 Å². The number of nitrogens with zero attached hydrogens (tertiary/aromatic N) is 1. The van der Waals surface area contributed by atoms with Crippen LogP contribution in [0, 0.1) is 5.92 Å². The van der Waals surface area contributed by atoms with Gasteiger partial charge in [0.05, 0.1) is 6.04 Å². The third kappa shape index (κ3) is 2.68. The van der Waals surface area contributed by atoms with Crippen molar-refractivity contribution < 1.29 is 0 Å². The molecular weight excluding hydrogens is 182 g/mol. The highest BCUT2D eigenvalue weighted by atomic mass is 14.8. The van der Waals surface area contributed by atoms with Gasteiger partial charge in [-0.2, -0.15) is 0 Å². The summed E-state index contributed by atoms with van der Waals surface area (Å²) in [5.41, 5.74) is 2.62. The van der Waals surface area contributed by atoms with Crippen molar-refractivity contribution in [3.8, 4) is 0 Å². The molecule has 1 nitrogen and oxygen atoms in total. The van der Waals surface area contributed by atoms with E-state index in [4.69, 9.17) is 4.99 Å². The lowest BCUT2D eigenvalue weighted by Crippen LogP contribution is -2.03. The van der Waals surface area contributed by atoms with Crippen LogP contribution in [0.25, 0.3) is 0 Å². The zero-order valence-electron chi connectivity index (χ0n) is 9.61. The Morgan fingerprint density at radius 3 is 2.67 bits per heavy atom. The molecular formula is C14H19N. The molecule has 0 spiro atoms. The predicted octanol–water partition coefficient (Wildman–Crippen LogP) is 3.68. The first-order chi connectivity index (χ1) is 7.25. The van der Waals surface area contributed by atoms with Crippen molar-refractivity contribution in [2.75, 3.05) is 0 Å². The second kappa shape index (κ2) is 4.61. The molecule has 0 bridgehead atoms. The molecule has 1 heteroatoms. The van der Waals surface area contributed by atoms with E-state index in [0.29, 0.717) is 6.04 Å². The zero-order valence-corrected chi connectivity index (χ0v) is 9.61. The van der Waals surface area contributed by atoms with E-state index in [0.717, 1.165) is 12.3 Å². The minimum atomic E-state index is 0.570. The molecule has 0 aliphatic carbocycles. The van der Waals surface area contributed by atoms with Crippen molar-refractivity contribution >= 4 is 5.71 Å². The van der Waals surface area contributed by atoms with E-state index < -0.39 is 0 Å². The molecule has 1 aromatic rings. The molecule has 0 aromatic heterocycles. The highest BCUT2D eigenvalue weighted by molar-refractivity contribution is 6.01. The highest BCUT2D eigenvalue weighted by Crippen LogP contribution is 2.23. The Morgan fingerprint density at radius 2 is 2.00 bits per heavy atom. The van der Waals surface area contributed by atoms with E-state index in [1.54, 1.807) is 0 Å². The molecule has 1 aromatic carbocycles. The molecule has 0 fully saturated rings. The van der Waals surface area contributed by atoms with Gasteiger partial charge in [-0.25, -0.2) is 0 Å². The number of benzene rings is 1. The van der Waals surface area contributed by atoms with Crippen LogP contribution in [-0.2, 0) is 0 Å². The first-order valence-electron chi connectivity index (χ1n) is 5.88. The summed E-state index contributed by atoms with van der Waals surface area (Å²) in [5.74, 6) is 0.758. The van der Waals surface area contributed by atoms with Gasteiger partial charge in [0.2, 0.25) is 0 Å². The maximum absolute atomic E-state index is 4.82. The average molecular weight is 201 g/mol. The molecule has 1 heterocycles. The average Bonchev–Trinajstić information content (AvgIpc) is 2.67. The molecule has 0 radical (unpaired) electrons. The lowest BCUT2D eigenvalue weighted by Gasteiger charge is -2.08. The van der Waals surface area contributed by atoms with Gasteiger partial charge < -0.3 is 0 Å². The van der Waals surface area contributed by atoms with E-state index in [1.807, 2.05) is 0 Å². The minimum absolute atomic E-state index is 0.570. The summed E-state index contributed by atoms with van der Waals surface area (Å²) in [4.78, 5) is 4.82. The van der Waals surface area contributed by atoms with E-state index in [-0.39, 0.29) is 0 Å². The number of aliphatic imine (C=N–C) groups is 1. The Hall–Kier alpha value is -1.11. The summed E-state index contributed by atoms with van der Waals surface area (Å²) in [6.07, 6.45) is 3.63. The molecule has 80 valence electrons. The summed E-state index contributed by atoms with van der Waals surface area (Å²) in [5, 5.41) is 0. The first-order valence-corrected chi connectivity index (χ1v) is 5.88. The quantitative estimate of drug-likeness (QED) is 0.707. The Kier molecular flexibility index (Phi) is 3.20. The van der Waals surface area contributed by atoms with Crippen LogP contribution in [0.5, 0.6) is 0 Å². The van der Waals surface area contributed by atoms with Crippen LogP contribution < -0.4 is 0 Å². The van der Waals surface area contributed by atoms with E-state index in [1.165, 1.54) is 24.1 Å². The van der Waals surface area contributed by atoms with Crippen LogP contribution in [0.15, 0.2) is 35.3 Å². The van der Waals surface area contributed by atoms with Gasteiger partial charge in [-0.15, -0.1) is 0 Å². The van der Waals surface area contributed by atoms with Crippen LogP contribution >= 0.6 is 0 Å². The molecule has 1 aliphatic rings. The summed E-state index contributed by atoms with van der Waals surface area (Å²) in [6.45, 7) is 4.55. The first kappa shape index (κ1) is 10.4. The van der Waals surface area contributed by atoms with Gasteiger partial charge in [-0.05, 0) is 30.7 Å². The Balaban J connectivity index is 2.07. The maximum atomic E-state index is 4.82. The molecule has 0 amide bonds. The van der Waals surface area contributed by atoms with Crippen molar-refractivity contribution in [1.82, 2.24) is 0 Å². The van der Waals surface area contributed by atoms with Crippen molar-refractivity contribution in [2.45, 2.75) is 39.2 Å². The van der Waals surface area contributed by atoms with Crippen LogP contribution in [0.3, 0.4) is 0 Å². The fraction of sp³-hybridized carbons (Fsp3) is 0.500. The lowest BCUT2D eigenvalue weighted by molar-refractivity contribution is 0.496. The largest absolute Gasteiger partial charge is 0.286 e. The normalized spacial score (nSPS) is 20.7.